The quantitative estimate of drug-likeness (QED) is 0.575. The Balaban J connectivity index is 2.66. The molecule has 0 heterocycles. The van der Waals surface area contributed by atoms with Crippen LogP contribution in [-0.2, 0) is 4.79 Å². The molecule has 0 saturated carbocycles. The highest BCUT2D eigenvalue weighted by Gasteiger charge is 2.12. The number of benzene rings is 1. The zero-order chi connectivity index (χ0) is 19.7. The van der Waals surface area contributed by atoms with E-state index in [4.69, 9.17) is 9.47 Å². The number of methoxy groups -OCH3 is 1. The number of carbonyl (C=O) groups excluding carboxylic acids is 2. The van der Waals surface area contributed by atoms with Gasteiger partial charge < -0.3 is 9.47 Å². The van der Waals surface area contributed by atoms with Crippen molar-refractivity contribution in [3.63, 3.8) is 0 Å². The second-order valence-corrected chi connectivity index (χ2v) is 7.54. The Morgan fingerprint density at radius 2 is 1.85 bits per heavy atom. The molecular formula is C20H30N2O4. The van der Waals surface area contributed by atoms with Crippen LogP contribution in [0.2, 0.25) is 0 Å². The van der Waals surface area contributed by atoms with Crippen LogP contribution in [0.4, 0.5) is 0 Å². The number of hydrazine groups is 1. The summed E-state index contributed by atoms with van der Waals surface area (Å²) >= 11 is 0. The van der Waals surface area contributed by atoms with E-state index in [-0.39, 0.29) is 5.41 Å². The van der Waals surface area contributed by atoms with Gasteiger partial charge in [0.05, 0.1) is 13.7 Å². The lowest BCUT2D eigenvalue weighted by molar-refractivity contribution is -0.117. The molecule has 1 aromatic rings. The van der Waals surface area contributed by atoms with Crippen molar-refractivity contribution >= 4 is 11.8 Å². The van der Waals surface area contributed by atoms with E-state index >= 15 is 0 Å². The number of hydrogen-bond donors (Lipinski definition) is 2. The maximum absolute atomic E-state index is 12.2. The van der Waals surface area contributed by atoms with Crippen molar-refractivity contribution in [2.24, 2.45) is 11.3 Å². The molecule has 26 heavy (non-hydrogen) atoms. The van der Waals surface area contributed by atoms with Gasteiger partial charge in [-0.1, -0.05) is 40.7 Å². The van der Waals surface area contributed by atoms with Crippen molar-refractivity contribution < 1.29 is 19.1 Å². The minimum Gasteiger partial charge on any atom is -0.493 e. The summed E-state index contributed by atoms with van der Waals surface area (Å²) in [7, 11) is 1.52. The van der Waals surface area contributed by atoms with Crippen LogP contribution in [0.15, 0.2) is 30.4 Å². The summed E-state index contributed by atoms with van der Waals surface area (Å²) in [5.41, 5.74) is 4.98. The van der Waals surface area contributed by atoms with Crippen LogP contribution in [0.25, 0.3) is 0 Å². The van der Waals surface area contributed by atoms with Crippen molar-refractivity contribution in [2.75, 3.05) is 13.7 Å². The van der Waals surface area contributed by atoms with Gasteiger partial charge in [-0.05, 0) is 36.0 Å². The number of amides is 2. The predicted molar refractivity (Wildman–Crippen MR) is 102 cm³/mol. The van der Waals surface area contributed by atoms with E-state index in [1.807, 2.05) is 20.8 Å². The molecule has 0 radical (unpaired) electrons. The Morgan fingerprint density at radius 3 is 2.42 bits per heavy atom. The molecule has 0 aromatic heterocycles. The molecule has 0 bridgehead atoms. The van der Waals surface area contributed by atoms with Crippen molar-refractivity contribution in [3.8, 4) is 11.5 Å². The fraction of sp³-hybridized carbons (Fsp3) is 0.500. The lowest BCUT2D eigenvalue weighted by atomic mass is 9.96. The molecule has 0 atom stereocenters. The maximum atomic E-state index is 12.2. The molecule has 6 heteroatoms. The van der Waals surface area contributed by atoms with Gasteiger partial charge in [-0.15, -0.1) is 0 Å². The Labute approximate surface area is 155 Å². The lowest BCUT2D eigenvalue weighted by Crippen LogP contribution is -2.40. The highest BCUT2D eigenvalue weighted by Crippen LogP contribution is 2.28. The van der Waals surface area contributed by atoms with E-state index < -0.39 is 11.8 Å². The number of nitrogens with one attached hydrogen (secondary N) is 2. The van der Waals surface area contributed by atoms with Gasteiger partial charge >= 0.3 is 0 Å². The zero-order valence-electron chi connectivity index (χ0n) is 16.5. The van der Waals surface area contributed by atoms with Gasteiger partial charge in [-0.3, -0.25) is 20.4 Å². The van der Waals surface area contributed by atoms with Crippen LogP contribution in [0.5, 0.6) is 11.5 Å². The van der Waals surface area contributed by atoms with Crippen LogP contribution in [0.1, 0.15) is 51.4 Å². The Hall–Kier alpha value is -2.50. The zero-order valence-corrected chi connectivity index (χ0v) is 16.5. The number of ether oxygens (including phenoxy) is 2. The van der Waals surface area contributed by atoms with Gasteiger partial charge in [-0.2, -0.15) is 0 Å². The third-order valence-electron chi connectivity index (χ3n) is 3.41. The second kappa shape index (κ2) is 9.85. The van der Waals surface area contributed by atoms with E-state index in [0.717, 1.165) is 6.42 Å². The first-order valence-corrected chi connectivity index (χ1v) is 8.73. The molecule has 0 aliphatic rings. The summed E-state index contributed by atoms with van der Waals surface area (Å²) < 4.78 is 11.0. The third-order valence-corrected chi connectivity index (χ3v) is 3.41. The van der Waals surface area contributed by atoms with E-state index in [1.54, 1.807) is 24.3 Å². The predicted octanol–water partition coefficient (Wildman–Crippen LogP) is 3.48. The number of carbonyl (C=O) groups is 2. The molecule has 0 aliphatic carbocycles. The second-order valence-electron chi connectivity index (χ2n) is 7.54. The number of hydrogen-bond acceptors (Lipinski definition) is 4. The first-order chi connectivity index (χ1) is 12.1. The SMILES string of the molecule is COc1cc(C(=O)NNC(=O)C=CC(C)(C)C)ccc1OCCC(C)C. The lowest BCUT2D eigenvalue weighted by Gasteiger charge is -2.13. The van der Waals surface area contributed by atoms with E-state index in [0.29, 0.717) is 29.6 Å². The summed E-state index contributed by atoms with van der Waals surface area (Å²) in [5.74, 6) is 0.771. The van der Waals surface area contributed by atoms with Crippen LogP contribution in [0, 0.1) is 11.3 Å². The van der Waals surface area contributed by atoms with Crippen LogP contribution >= 0.6 is 0 Å². The van der Waals surface area contributed by atoms with Gasteiger partial charge in [0, 0.05) is 11.6 Å². The molecule has 6 nitrogen and oxygen atoms in total. The van der Waals surface area contributed by atoms with E-state index in [9.17, 15) is 9.59 Å². The molecule has 2 amide bonds. The minimum atomic E-state index is -0.436. The number of rotatable bonds is 7. The molecule has 0 unspecified atom stereocenters. The van der Waals surface area contributed by atoms with Crippen LogP contribution in [0.3, 0.4) is 0 Å². The Morgan fingerprint density at radius 1 is 1.15 bits per heavy atom. The minimum absolute atomic E-state index is 0.111. The molecular weight excluding hydrogens is 332 g/mol. The van der Waals surface area contributed by atoms with Gasteiger partial charge in [0.25, 0.3) is 11.8 Å². The van der Waals surface area contributed by atoms with Crippen LogP contribution in [-0.4, -0.2) is 25.5 Å². The standard InChI is InChI=1S/C20H30N2O4/c1-14(2)10-12-26-16-8-7-15(13-17(16)25-6)19(24)22-21-18(23)9-11-20(3,4)5/h7-9,11,13-14H,10,12H2,1-6H3,(H,21,23)(H,22,24). The summed E-state index contributed by atoms with van der Waals surface area (Å²) in [6.07, 6.45) is 4.09. The molecule has 2 N–H and O–H groups in total. The van der Waals surface area contributed by atoms with Crippen molar-refractivity contribution in [2.45, 2.75) is 41.0 Å². The highest BCUT2D eigenvalue weighted by molar-refractivity contribution is 5.97. The normalized spacial score (nSPS) is 11.5. The van der Waals surface area contributed by atoms with E-state index in [2.05, 4.69) is 24.7 Å². The molecule has 0 aliphatic heterocycles. The van der Waals surface area contributed by atoms with Gasteiger partial charge in [0.2, 0.25) is 0 Å². The molecule has 0 spiro atoms. The van der Waals surface area contributed by atoms with Crippen LogP contribution < -0.4 is 20.3 Å². The van der Waals surface area contributed by atoms with Crippen molar-refractivity contribution in [1.82, 2.24) is 10.9 Å². The van der Waals surface area contributed by atoms with Crippen molar-refractivity contribution in [3.05, 3.63) is 35.9 Å². The summed E-state index contributed by atoms with van der Waals surface area (Å²) in [6, 6.07) is 4.90. The average Bonchev–Trinajstić information content (AvgIpc) is 2.57. The Kier molecular flexibility index (Phi) is 8.16. The molecule has 1 aromatic carbocycles. The van der Waals surface area contributed by atoms with Gasteiger partial charge in [0.1, 0.15) is 0 Å². The number of allylic oxidation sites excluding steroid dienone is 1. The molecule has 144 valence electrons. The average molecular weight is 362 g/mol. The monoisotopic (exact) mass is 362 g/mol. The molecule has 0 saturated heterocycles. The summed E-state index contributed by atoms with van der Waals surface area (Å²) in [6.45, 7) is 10.8. The highest BCUT2D eigenvalue weighted by atomic mass is 16.5. The fourth-order valence-corrected chi connectivity index (χ4v) is 1.89. The third kappa shape index (κ3) is 8.05. The molecule has 0 fully saturated rings. The van der Waals surface area contributed by atoms with Gasteiger partial charge in [0.15, 0.2) is 11.5 Å². The topological polar surface area (TPSA) is 76.7 Å². The first-order valence-electron chi connectivity index (χ1n) is 8.73. The Bertz CT molecular complexity index is 646. The fourth-order valence-electron chi connectivity index (χ4n) is 1.89. The summed E-state index contributed by atoms with van der Waals surface area (Å²) in [4.78, 5) is 23.9. The van der Waals surface area contributed by atoms with E-state index in [1.165, 1.54) is 13.2 Å². The smallest absolute Gasteiger partial charge is 0.269 e. The largest absolute Gasteiger partial charge is 0.493 e. The van der Waals surface area contributed by atoms with Crippen molar-refractivity contribution in [1.29, 1.82) is 0 Å². The molecule has 1 rings (SSSR count). The van der Waals surface area contributed by atoms with Gasteiger partial charge in [-0.25, -0.2) is 0 Å². The summed E-state index contributed by atoms with van der Waals surface area (Å²) in [5, 5.41) is 0. The first kappa shape index (κ1) is 21.5. The maximum Gasteiger partial charge on any atom is 0.269 e.